The highest BCUT2D eigenvalue weighted by Gasteiger charge is 2.49. The lowest BCUT2D eigenvalue weighted by Crippen LogP contribution is -2.28. The van der Waals surface area contributed by atoms with Crippen LogP contribution in [0.25, 0.3) is 132 Å². The second kappa shape index (κ2) is 21.0. The van der Waals surface area contributed by atoms with Crippen molar-refractivity contribution in [3.63, 3.8) is 0 Å². The first-order chi connectivity index (χ1) is 49.6. The quantitative estimate of drug-likeness (QED) is 0.152. The molecule has 19 aromatic rings. The molecule has 0 fully saturated rings. The van der Waals surface area contributed by atoms with E-state index in [1.807, 2.05) is 0 Å². The van der Waals surface area contributed by atoms with Crippen LogP contribution in [0.3, 0.4) is 0 Å². The lowest BCUT2D eigenvalue weighted by Gasteiger charge is -2.34. The minimum absolute atomic E-state index is 0.341. The molecule has 2 aliphatic carbocycles. The molecule has 4 heterocycles. The molecule has 0 spiro atoms. The van der Waals surface area contributed by atoms with Crippen LogP contribution in [0.5, 0.6) is 0 Å². The first-order valence-electron chi connectivity index (χ1n) is 34.2. The highest BCUT2D eigenvalue weighted by atomic mass is 15.1. The first kappa shape index (κ1) is 55.7. The third kappa shape index (κ3) is 7.17. The molecular formula is C94H56N6. The van der Waals surface area contributed by atoms with Crippen LogP contribution in [-0.4, -0.2) is 18.3 Å². The average molecular weight is 1270 g/mol. The van der Waals surface area contributed by atoms with Crippen molar-refractivity contribution in [1.82, 2.24) is 18.3 Å². The summed E-state index contributed by atoms with van der Waals surface area (Å²) in [4.78, 5) is 0. The first-order valence-corrected chi connectivity index (χ1v) is 34.2. The van der Waals surface area contributed by atoms with Crippen molar-refractivity contribution in [1.29, 1.82) is 10.5 Å². The van der Waals surface area contributed by atoms with Gasteiger partial charge in [0.25, 0.3) is 0 Å². The summed E-state index contributed by atoms with van der Waals surface area (Å²) in [6, 6.07) is 129. The molecule has 0 N–H and O–H groups in total. The summed E-state index contributed by atoms with van der Waals surface area (Å²) in [5.74, 6) is 0. The maximum absolute atomic E-state index is 13.3. The van der Waals surface area contributed by atoms with E-state index in [9.17, 15) is 10.5 Å². The number of para-hydroxylation sites is 6. The van der Waals surface area contributed by atoms with Crippen molar-refractivity contribution >= 4 is 87.2 Å². The van der Waals surface area contributed by atoms with Crippen molar-refractivity contribution < 1.29 is 0 Å². The monoisotopic (exact) mass is 1270 g/mol. The van der Waals surface area contributed by atoms with E-state index in [2.05, 4.69) is 370 Å². The fraction of sp³-hybridized carbons (Fsp3) is 0.0213. The molecule has 100 heavy (non-hydrogen) atoms. The van der Waals surface area contributed by atoms with Crippen LogP contribution in [-0.2, 0) is 10.8 Å². The number of hydrogen-bond acceptors (Lipinski definition) is 2. The molecule has 0 unspecified atom stereocenters. The van der Waals surface area contributed by atoms with E-state index in [0.29, 0.717) is 33.9 Å². The summed E-state index contributed by atoms with van der Waals surface area (Å²) in [5.41, 5.74) is 22.7. The van der Waals surface area contributed by atoms with Gasteiger partial charge in [-0.05, 0) is 127 Å². The molecule has 6 nitrogen and oxygen atoms in total. The minimum Gasteiger partial charge on any atom is -0.306 e. The van der Waals surface area contributed by atoms with Crippen LogP contribution in [0.1, 0.15) is 55.6 Å². The molecule has 21 rings (SSSR count). The van der Waals surface area contributed by atoms with E-state index in [-0.39, 0.29) is 0 Å². The van der Waals surface area contributed by atoms with Gasteiger partial charge in [-0.25, -0.2) is 0 Å². The zero-order valence-corrected chi connectivity index (χ0v) is 54.0. The highest BCUT2D eigenvalue weighted by molar-refractivity contribution is 6.18. The molecule has 0 aliphatic heterocycles. The number of rotatable bonds is 8. The Hall–Kier alpha value is -13.5. The normalized spacial score (nSPS) is 13.3. The molecule has 4 aromatic heterocycles. The van der Waals surface area contributed by atoms with E-state index >= 15 is 0 Å². The van der Waals surface area contributed by atoms with Gasteiger partial charge >= 0.3 is 0 Å². The van der Waals surface area contributed by atoms with Crippen molar-refractivity contribution in [3.05, 3.63) is 395 Å². The third-order valence-electron chi connectivity index (χ3n) is 22.2. The van der Waals surface area contributed by atoms with Gasteiger partial charge in [-0.1, -0.05) is 279 Å². The Balaban J connectivity index is 1.01. The molecule has 6 heteroatoms. The summed E-state index contributed by atoms with van der Waals surface area (Å²) in [6.07, 6.45) is 0. The number of aromatic nitrogens is 4. The van der Waals surface area contributed by atoms with Crippen LogP contribution >= 0.6 is 0 Å². The zero-order chi connectivity index (χ0) is 66.0. The molecule has 462 valence electrons. The van der Waals surface area contributed by atoms with Crippen molar-refractivity contribution in [2.75, 3.05) is 0 Å². The SMILES string of the molecule is N#Cc1c(-n2c3ccccc3c3cc4c(cc32)C(c2ccccc2)(c2ccccc2)c2ccccc2-4)c(C#N)c(-n2c3ccccc3c3ccccc32)c(-n2c3ccccc3c3cc4c(cc32)C(c2ccccc2)(c2ccccc2)c2ccccc2-4)c1-n1c2ccccc2c2ccccc21. The molecule has 0 amide bonds. The lowest BCUT2D eigenvalue weighted by atomic mass is 9.67. The van der Waals surface area contributed by atoms with Crippen LogP contribution in [0, 0.1) is 22.7 Å². The number of benzene rings is 15. The Labute approximate surface area is 575 Å². The maximum Gasteiger partial charge on any atom is 0.104 e. The smallest absolute Gasteiger partial charge is 0.104 e. The second-order valence-corrected chi connectivity index (χ2v) is 26.7. The summed E-state index contributed by atoms with van der Waals surface area (Å²) in [7, 11) is 0. The molecule has 0 bridgehead atoms. The highest BCUT2D eigenvalue weighted by Crippen LogP contribution is 2.61. The fourth-order valence-electron chi connectivity index (χ4n) is 18.4. The van der Waals surface area contributed by atoms with Gasteiger partial charge in [0.05, 0.1) is 77.7 Å². The van der Waals surface area contributed by atoms with E-state index in [1.165, 1.54) is 16.7 Å². The number of nitrogens with zero attached hydrogens (tertiary/aromatic N) is 6. The Bertz CT molecular complexity index is 6450. The van der Waals surface area contributed by atoms with E-state index in [1.54, 1.807) is 0 Å². The van der Waals surface area contributed by atoms with Gasteiger partial charge < -0.3 is 18.3 Å². The van der Waals surface area contributed by atoms with E-state index in [0.717, 1.165) is 137 Å². The van der Waals surface area contributed by atoms with Gasteiger partial charge in [0, 0.05) is 43.1 Å². The molecule has 0 atom stereocenters. The van der Waals surface area contributed by atoms with Gasteiger partial charge in [0.2, 0.25) is 0 Å². The van der Waals surface area contributed by atoms with Crippen molar-refractivity contribution in [2.24, 2.45) is 0 Å². The fourth-order valence-corrected chi connectivity index (χ4v) is 18.4. The van der Waals surface area contributed by atoms with Gasteiger partial charge in [-0.15, -0.1) is 0 Å². The van der Waals surface area contributed by atoms with E-state index in [4.69, 9.17) is 0 Å². The largest absolute Gasteiger partial charge is 0.306 e. The molecule has 15 aromatic carbocycles. The van der Waals surface area contributed by atoms with Crippen LogP contribution < -0.4 is 0 Å². The predicted molar refractivity (Wildman–Crippen MR) is 408 cm³/mol. The van der Waals surface area contributed by atoms with Crippen LogP contribution in [0.2, 0.25) is 0 Å². The van der Waals surface area contributed by atoms with Crippen LogP contribution in [0.4, 0.5) is 0 Å². The Morgan fingerprint density at radius 3 is 0.760 bits per heavy atom. The van der Waals surface area contributed by atoms with Crippen molar-refractivity contribution in [3.8, 4) is 57.1 Å². The molecular weight excluding hydrogens is 1210 g/mol. The number of nitriles is 2. The Kier molecular flexibility index (Phi) is 11.7. The lowest BCUT2D eigenvalue weighted by molar-refractivity contribution is 0.769. The molecule has 2 aliphatic rings. The zero-order valence-electron chi connectivity index (χ0n) is 54.0. The molecule has 0 radical (unpaired) electrons. The number of hydrogen-bond donors (Lipinski definition) is 0. The topological polar surface area (TPSA) is 67.3 Å². The average Bonchev–Trinajstić information content (AvgIpc) is 1.50. The van der Waals surface area contributed by atoms with Crippen LogP contribution in [0.15, 0.2) is 340 Å². The minimum atomic E-state index is -0.761. The van der Waals surface area contributed by atoms with Crippen molar-refractivity contribution in [2.45, 2.75) is 10.8 Å². The second-order valence-electron chi connectivity index (χ2n) is 26.7. The third-order valence-corrected chi connectivity index (χ3v) is 22.2. The van der Waals surface area contributed by atoms with Gasteiger partial charge in [-0.2, -0.15) is 10.5 Å². The standard InChI is InChI=1S/C94H56N6/c95-57-75-89(99-85-51-27-19-43-69(85)73-53-71-63-37-13-21-45-77(63)93(79(71)55-87(73)99,59-29-5-1-6-30-59)60-31-7-2-8-32-60)76(58-96)91(98-83-49-25-17-41-67(83)68-42-18-26-50-84(68)98)92(90(75)97-81-47-23-15-39-65(81)66-40-16-24-48-82(66)97)100-86-52-28-20-44-70(86)74-54-72-64-38-14-22-46-78(64)94(80(72)56-88(74)100,61-33-9-3-10-34-61)62-35-11-4-12-36-62/h1-56H. The van der Waals surface area contributed by atoms with Gasteiger partial charge in [0.15, 0.2) is 0 Å². The summed E-state index contributed by atoms with van der Waals surface area (Å²) in [6.45, 7) is 0. The Morgan fingerprint density at radius 2 is 0.450 bits per heavy atom. The summed E-state index contributed by atoms with van der Waals surface area (Å²) in [5, 5.41) is 34.9. The summed E-state index contributed by atoms with van der Waals surface area (Å²) >= 11 is 0. The van der Waals surface area contributed by atoms with Gasteiger partial charge in [-0.3, -0.25) is 0 Å². The summed E-state index contributed by atoms with van der Waals surface area (Å²) < 4.78 is 9.41. The molecule has 0 saturated heterocycles. The molecule has 0 saturated carbocycles. The van der Waals surface area contributed by atoms with Gasteiger partial charge in [0.1, 0.15) is 23.3 Å². The maximum atomic E-state index is 13.3. The number of fused-ring (bicyclic) bond motifs is 18. The van der Waals surface area contributed by atoms with E-state index < -0.39 is 10.8 Å². The predicted octanol–water partition coefficient (Wildman–Crippen LogP) is 22.5. The Morgan fingerprint density at radius 1 is 0.200 bits per heavy atom.